The monoisotopic (exact) mass is 260 g/mol. The Morgan fingerprint density at radius 2 is 1.95 bits per heavy atom. The fourth-order valence-electron chi connectivity index (χ4n) is 4.11. The van der Waals surface area contributed by atoms with Gasteiger partial charge in [-0.25, -0.2) is 0 Å². The highest BCUT2D eigenvalue weighted by molar-refractivity contribution is 5.83. The Labute approximate surface area is 113 Å². The number of methoxy groups -OCH3 is 1. The van der Waals surface area contributed by atoms with E-state index >= 15 is 0 Å². The van der Waals surface area contributed by atoms with E-state index in [1.165, 1.54) is 25.7 Å². The first-order chi connectivity index (χ1) is 9.10. The van der Waals surface area contributed by atoms with E-state index in [2.05, 4.69) is 0 Å². The van der Waals surface area contributed by atoms with Gasteiger partial charge in [0.15, 0.2) is 0 Å². The Kier molecular flexibility index (Phi) is 2.80. The lowest BCUT2D eigenvalue weighted by atomic mass is 9.49. The summed E-state index contributed by atoms with van der Waals surface area (Å²) >= 11 is 0. The minimum Gasteiger partial charge on any atom is -0.497 e. The smallest absolute Gasteiger partial charge is 0.314 e. The van der Waals surface area contributed by atoms with Gasteiger partial charge < -0.3 is 9.84 Å². The van der Waals surface area contributed by atoms with E-state index in [0.717, 1.165) is 24.2 Å². The van der Waals surface area contributed by atoms with Crippen molar-refractivity contribution in [2.24, 2.45) is 5.41 Å². The number of hydrogen-bond donors (Lipinski definition) is 1. The van der Waals surface area contributed by atoms with Gasteiger partial charge in [0.2, 0.25) is 0 Å². The van der Waals surface area contributed by atoms with E-state index in [1.54, 1.807) is 7.11 Å². The zero-order valence-corrected chi connectivity index (χ0v) is 11.3. The van der Waals surface area contributed by atoms with Crippen LogP contribution in [0.2, 0.25) is 0 Å². The fraction of sp³-hybridized carbons (Fsp3) is 0.562. The minimum absolute atomic E-state index is 0.307. The lowest BCUT2D eigenvalue weighted by Gasteiger charge is -2.52. The molecular formula is C16H20O3. The van der Waals surface area contributed by atoms with Crippen molar-refractivity contribution in [1.82, 2.24) is 0 Å². The molecule has 0 heterocycles. The second kappa shape index (κ2) is 4.26. The van der Waals surface area contributed by atoms with E-state index in [1.807, 2.05) is 24.3 Å². The molecule has 2 saturated carbocycles. The van der Waals surface area contributed by atoms with Crippen LogP contribution in [0.15, 0.2) is 24.3 Å². The van der Waals surface area contributed by atoms with Gasteiger partial charge >= 0.3 is 5.97 Å². The van der Waals surface area contributed by atoms with Gasteiger partial charge in [0.25, 0.3) is 0 Å². The van der Waals surface area contributed by atoms with Crippen molar-refractivity contribution in [1.29, 1.82) is 0 Å². The molecule has 3 rings (SSSR count). The predicted molar refractivity (Wildman–Crippen MR) is 72.4 cm³/mol. The molecule has 0 bridgehead atoms. The maximum Gasteiger partial charge on any atom is 0.314 e. The topological polar surface area (TPSA) is 46.5 Å². The Bertz CT molecular complexity index is 492. The van der Waals surface area contributed by atoms with Crippen LogP contribution in [0.1, 0.15) is 44.1 Å². The summed E-state index contributed by atoms with van der Waals surface area (Å²) in [5.41, 5.74) is 0.525. The average Bonchev–Trinajstić information content (AvgIpc) is 2.85. The molecule has 0 amide bonds. The van der Waals surface area contributed by atoms with Crippen molar-refractivity contribution in [3.63, 3.8) is 0 Å². The summed E-state index contributed by atoms with van der Waals surface area (Å²) < 4.78 is 5.22. The van der Waals surface area contributed by atoms with E-state index in [-0.39, 0.29) is 0 Å². The van der Waals surface area contributed by atoms with Gasteiger partial charge in [-0.15, -0.1) is 0 Å². The molecule has 3 nitrogen and oxygen atoms in total. The van der Waals surface area contributed by atoms with E-state index < -0.39 is 11.4 Å². The van der Waals surface area contributed by atoms with Crippen molar-refractivity contribution in [2.45, 2.75) is 43.9 Å². The fourth-order valence-corrected chi connectivity index (χ4v) is 4.11. The van der Waals surface area contributed by atoms with Crippen molar-refractivity contribution >= 4 is 5.97 Å². The summed E-state index contributed by atoms with van der Waals surface area (Å²) in [6.45, 7) is 0. The third kappa shape index (κ3) is 1.83. The Balaban J connectivity index is 1.92. The number of carbonyl (C=O) groups is 1. The standard InChI is InChI=1S/C16H20O3/c1-19-13-6-4-5-12(9-13)16(14(17)18)10-15(11-16)7-2-3-8-15/h4-6,9H,2-3,7-8,10-11H2,1H3,(H,17,18). The highest BCUT2D eigenvalue weighted by atomic mass is 16.5. The Morgan fingerprint density at radius 3 is 2.53 bits per heavy atom. The Hall–Kier alpha value is -1.51. The van der Waals surface area contributed by atoms with E-state index in [0.29, 0.717) is 5.41 Å². The molecule has 1 aromatic rings. The molecule has 0 radical (unpaired) electrons. The van der Waals surface area contributed by atoms with Crippen LogP contribution in [0.5, 0.6) is 5.75 Å². The average molecular weight is 260 g/mol. The quantitative estimate of drug-likeness (QED) is 0.906. The van der Waals surface area contributed by atoms with Crippen molar-refractivity contribution in [2.75, 3.05) is 7.11 Å². The zero-order chi connectivity index (χ0) is 13.5. The van der Waals surface area contributed by atoms with Crippen LogP contribution in [0.4, 0.5) is 0 Å². The number of benzene rings is 1. The van der Waals surface area contributed by atoms with Crippen LogP contribution in [0.3, 0.4) is 0 Å². The first-order valence-electron chi connectivity index (χ1n) is 6.98. The molecular weight excluding hydrogens is 240 g/mol. The number of rotatable bonds is 3. The summed E-state index contributed by atoms with van der Waals surface area (Å²) in [4.78, 5) is 11.8. The Morgan fingerprint density at radius 1 is 1.26 bits per heavy atom. The summed E-state index contributed by atoms with van der Waals surface area (Å²) in [6, 6.07) is 7.57. The molecule has 0 saturated heterocycles. The maximum absolute atomic E-state index is 11.8. The van der Waals surface area contributed by atoms with Gasteiger partial charge in [0.05, 0.1) is 12.5 Å². The maximum atomic E-state index is 11.8. The highest BCUT2D eigenvalue weighted by Crippen LogP contribution is 2.63. The van der Waals surface area contributed by atoms with Crippen LogP contribution in [0, 0.1) is 5.41 Å². The molecule has 0 aromatic heterocycles. The molecule has 0 unspecified atom stereocenters. The van der Waals surface area contributed by atoms with E-state index in [9.17, 15) is 9.90 Å². The molecule has 2 aliphatic carbocycles. The number of ether oxygens (including phenoxy) is 1. The van der Waals surface area contributed by atoms with Crippen LogP contribution >= 0.6 is 0 Å². The van der Waals surface area contributed by atoms with Crippen LogP contribution < -0.4 is 4.74 Å². The number of carboxylic acid groups (broad SMARTS) is 1. The largest absolute Gasteiger partial charge is 0.497 e. The van der Waals surface area contributed by atoms with Gasteiger partial charge in [-0.2, -0.15) is 0 Å². The van der Waals surface area contributed by atoms with Gasteiger partial charge in [0, 0.05) is 0 Å². The van der Waals surface area contributed by atoms with Crippen LogP contribution in [-0.4, -0.2) is 18.2 Å². The molecule has 19 heavy (non-hydrogen) atoms. The van der Waals surface area contributed by atoms with Gasteiger partial charge in [-0.05, 0) is 48.8 Å². The van der Waals surface area contributed by atoms with Crippen LogP contribution in [0.25, 0.3) is 0 Å². The minimum atomic E-state index is -0.682. The molecule has 0 atom stereocenters. The first-order valence-corrected chi connectivity index (χ1v) is 6.98. The number of aliphatic carboxylic acids is 1. The third-order valence-corrected chi connectivity index (χ3v) is 5.05. The summed E-state index contributed by atoms with van der Waals surface area (Å²) in [7, 11) is 1.62. The normalized spacial score (nSPS) is 23.0. The lowest BCUT2D eigenvalue weighted by Crippen LogP contribution is -2.53. The first kappa shape index (κ1) is 12.5. The highest BCUT2D eigenvalue weighted by Gasteiger charge is 2.60. The van der Waals surface area contributed by atoms with Crippen molar-refractivity contribution in [3.05, 3.63) is 29.8 Å². The predicted octanol–water partition coefficient (Wildman–Crippen LogP) is 3.37. The molecule has 2 fully saturated rings. The summed E-state index contributed by atoms with van der Waals surface area (Å²) in [6.07, 6.45) is 6.50. The van der Waals surface area contributed by atoms with Gasteiger partial charge in [-0.1, -0.05) is 25.0 Å². The summed E-state index contributed by atoms with van der Waals surface area (Å²) in [5, 5.41) is 9.70. The number of carboxylic acids is 1. The van der Waals surface area contributed by atoms with Gasteiger partial charge in [0.1, 0.15) is 5.75 Å². The van der Waals surface area contributed by atoms with Crippen molar-refractivity contribution < 1.29 is 14.6 Å². The molecule has 102 valence electrons. The van der Waals surface area contributed by atoms with Crippen molar-refractivity contribution in [3.8, 4) is 5.75 Å². The molecule has 1 N–H and O–H groups in total. The molecule has 1 aromatic carbocycles. The molecule has 1 spiro atoms. The molecule has 3 heteroatoms. The second-order valence-electron chi connectivity index (χ2n) is 6.18. The lowest BCUT2D eigenvalue weighted by molar-refractivity contribution is -0.154. The van der Waals surface area contributed by atoms with Gasteiger partial charge in [-0.3, -0.25) is 4.79 Å². The SMILES string of the molecule is COc1cccc(C2(C(=O)O)CC3(CCCC3)C2)c1. The second-order valence-corrected chi connectivity index (χ2v) is 6.18. The summed E-state index contributed by atoms with van der Waals surface area (Å²) in [5.74, 6) is 0.0591. The molecule has 2 aliphatic rings. The third-order valence-electron chi connectivity index (χ3n) is 5.05. The van der Waals surface area contributed by atoms with Crippen LogP contribution in [-0.2, 0) is 10.2 Å². The molecule has 0 aliphatic heterocycles. The zero-order valence-electron chi connectivity index (χ0n) is 11.3. The van der Waals surface area contributed by atoms with E-state index in [4.69, 9.17) is 4.74 Å². The number of hydrogen-bond acceptors (Lipinski definition) is 2.